The Kier molecular flexibility index (Phi) is 5.91. The zero-order chi connectivity index (χ0) is 18.5. The second-order valence-electron chi connectivity index (χ2n) is 7.12. The number of rotatable bonds is 4. The summed E-state index contributed by atoms with van der Waals surface area (Å²) in [6.45, 7) is 4.42. The lowest BCUT2D eigenvalue weighted by Gasteiger charge is -2.34. The van der Waals surface area contributed by atoms with Crippen LogP contribution in [0.25, 0.3) is 0 Å². The lowest BCUT2D eigenvalue weighted by molar-refractivity contribution is -0.136. The second-order valence-corrected chi connectivity index (χ2v) is 7.12. The number of carbonyl (C=O) groups is 3. The van der Waals surface area contributed by atoms with E-state index < -0.39 is 0 Å². The normalized spacial score (nSPS) is 20.9. The van der Waals surface area contributed by atoms with Gasteiger partial charge in [0.15, 0.2) is 0 Å². The summed E-state index contributed by atoms with van der Waals surface area (Å²) in [6, 6.07) is 9.30. The Bertz CT molecular complexity index is 654. The molecule has 0 bridgehead atoms. The molecule has 2 aliphatic heterocycles. The summed E-state index contributed by atoms with van der Waals surface area (Å²) in [5.74, 6) is 0.160. The van der Waals surface area contributed by atoms with E-state index in [9.17, 15) is 14.4 Å². The quantitative estimate of drug-likeness (QED) is 0.891. The van der Waals surface area contributed by atoms with Crippen LogP contribution in [-0.4, -0.2) is 59.7 Å². The first-order valence-corrected chi connectivity index (χ1v) is 9.51. The number of carbonyl (C=O) groups excluding carboxylic acids is 3. The van der Waals surface area contributed by atoms with Gasteiger partial charge in [-0.1, -0.05) is 25.1 Å². The lowest BCUT2D eigenvalue weighted by atomic mass is 10.0. The van der Waals surface area contributed by atoms with Crippen LogP contribution >= 0.6 is 0 Å². The molecule has 2 heterocycles. The van der Waals surface area contributed by atoms with Crippen molar-refractivity contribution < 1.29 is 14.4 Å². The van der Waals surface area contributed by atoms with E-state index in [0.29, 0.717) is 38.2 Å². The van der Waals surface area contributed by atoms with Gasteiger partial charge in [-0.05, 0) is 31.4 Å². The van der Waals surface area contributed by atoms with Gasteiger partial charge in [-0.2, -0.15) is 0 Å². The Labute approximate surface area is 154 Å². The van der Waals surface area contributed by atoms with E-state index in [2.05, 4.69) is 5.32 Å². The highest BCUT2D eigenvalue weighted by atomic mass is 16.2. The number of piperidine rings is 1. The predicted octanol–water partition coefficient (Wildman–Crippen LogP) is 1.67. The van der Waals surface area contributed by atoms with Crippen LogP contribution in [0.1, 0.15) is 43.0 Å². The van der Waals surface area contributed by atoms with E-state index >= 15 is 0 Å². The van der Waals surface area contributed by atoms with Gasteiger partial charge >= 0.3 is 0 Å². The smallest absolute Gasteiger partial charge is 0.251 e. The summed E-state index contributed by atoms with van der Waals surface area (Å²) in [4.78, 5) is 40.4. The minimum absolute atomic E-state index is 0.0557. The van der Waals surface area contributed by atoms with E-state index in [4.69, 9.17) is 0 Å². The zero-order valence-corrected chi connectivity index (χ0v) is 15.3. The van der Waals surface area contributed by atoms with Crippen molar-refractivity contribution in [2.45, 2.75) is 38.6 Å². The monoisotopic (exact) mass is 357 g/mol. The van der Waals surface area contributed by atoms with E-state index in [1.165, 1.54) is 0 Å². The maximum atomic E-state index is 12.7. The highest BCUT2D eigenvalue weighted by Gasteiger charge is 2.34. The van der Waals surface area contributed by atoms with E-state index in [1.54, 1.807) is 17.0 Å². The van der Waals surface area contributed by atoms with Crippen molar-refractivity contribution in [3.05, 3.63) is 35.9 Å². The fraction of sp³-hybridized carbons (Fsp3) is 0.550. The Balaban J connectivity index is 1.46. The minimum Gasteiger partial charge on any atom is -0.349 e. The molecule has 140 valence electrons. The molecule has 1 atom stereocenters. The van der Waals surface area contributed by atoms with E-state index in [0.717, 1.165) is 19.3 Å². The second kappa shape index (κ2) is 8.34. The molecule has 6 heteroatoms. The summed E-state index contributed by atoms with van der Waals surface area (Å²) in [7, 11) is 0. The maximum Gasteiger partial charge on any atom is 0.251 e. The molecular weight excluding hydrogens is 330 g/mol. The topological polar surface area (TPSA) is 69.7 Å². The first-order chi connectivity index (χ1) is 12.6. The van der Waals surface area contributed by atoms with Crippen LogP contribution in [0, 0.1) is 5.92 Å². The summed E-state index contributed by atoms with van der Waals surface area (Å²) in [6.07, 6.45) is 2.80. The van der Waals surface area contributed by atoms with E-state index in [-0.39, 0.29) is 29.7 Å². The third-order valence-electron chi connectivity index (χ3n) is 5.37. The number of hydrogen-bond donors (Lipinski definition) is 1. The number of amides is 3. The minimum atomic E-state index is -0.0686. The van der Waals surface area contributed by atoms with E-state index in [1.807, 2.05) is 30.0 Å². The third-order valence-corrected chi connectivity index (χ3v) is 5.37. The highest BCUT2D eigenvalue weighted by Crippen LogP contribution is 2.22. The molecule has 2 aliphatic rings. The molecule has 0 radical (unpaired) electrons. The van der Waals surface area contributed by atoms with Gasteiger partial charge in [0.25, 0.3) is 5.91 Å². The third kappa shape index (κ3) is 4.23. The fourth-order valence-electron chi connectivity index (χ4n) is 3.77. The van der Waals surface area contributed by atoms with Crippen molar-refractivity contribution in [2.24, 2.45) is 5.92 Å². The molecule has 2 fully saturated rings. The standard InChI is InChI=1S/C20H27N3O3/c1-2-18(24)23-11-8-16(14-23)20(26)22-12-9-17(10-13-22)21-19(25)15-6-4-3-5-7-15/h3-7,16-17H,2,8-14H2,1H3,(H,21,25). The summed E-state index contributed by atoms with van der Waals surface area (Å²) >= 11 is 0. The van der Waals surface area contributed by atoms with Gasteiger partial charge < -0.3 is 15.1 Å². The Morgan fingerprint density at radius 2 is 1.65 bits per heavy atom. The van der Waals surface area contributed by atoms with Crippen LogP contribution in [0.3, 0.4) is 0 Å². The van der Waals surface area contributed by atoms with Crippen molar-refractivity contribution in [1.29, 1.82) is 0 Å². The molecule has 1 aromatic rings. The van der Waals surface area contributed by atoms with Crippen LogP contribution in [-0.2, 0) is 9.59 Å². The first-order valence-electron chi connectivity index (χ1n) is 9.51. The van der Waals surface area contributed by atoms with Crippen molar-refractivity contribution >= 4 is 17.7 Å². The van der Waals surface area contributed by atoms with Crippen LogP contribution in [0.2, 0.25) is 0 Å². The summed E-state index contributed by atoms with van der Waals surface area (Å²) < 4.78 is 0. The van der Waals surface area contributed by atoms with Gasteiger partial charge in [0.2, 0.25) is 11.8 Å². The predicted molar refractivity (Wildman–Crippen MR) is 98.5 cm³/mol. The molecular formula is C20H27N3O3. The van der Waals surface area contributed by atoms with Crippen molar-refractivity contribution in [1.82, 2.24) is 15.1 Å². The summed E-state index contributed by atoms with van der Waals surface area (Å²) in [5, 5.41) is 3.06. The number of nitrogens with one attached hydrogen (secondary N) is 1. The number of likely N-dealkylation sites (tertiary alicyclic amines) is 2. The Morgan fingerprint density at radius 3 is 2.31 bits per heavy atom. The molecule has 1 N–H and O–H groups in total. The molecule has 0 spiro atoms. The van der Waals surface area contributed by atoms with Gasteiger partial charge in [0, 0.05) is 44.2 Å². The molecule has 2 saturated heterocycles. The van der Waals surface area contributed by atoms with Crippen LogP contribution < -0.4 is 5.32 Å². The lowest BCUT2D eigenvalue weighted by Crippen LogP contribution is -2.48. The number of nitrogens with zero attached hydrogens (tertiary/aromatic N) is 2. The Morgan fingerprint density at radius 1 is 1.00 bits per heavy atom. The van der Waals surface area contributed by atoms with Crippen molar-refractivity contribution in [2.75, 3.05) is 26.2 Å². The fourth-order valence-corrected chi connectivity index (χ4v) is 3.77. The van der Waals surface area contributed by atoms with Crippen molar-refractivity contribution in [3.63, 3.8) is 0 Å². The van der Waals surface area contributed by atoms with Crippen molar-refractivity contribution in [3.8, 4) is 0 Å². The number of benzene rings is 1. The van der Waals surface area contributed by atoms with Gasteiger partial charge in [0.05, 0.1) is 5.92 Å². The molecule has 0 aromatic heterocycles. The van der Waals surface area contributed by atoms with Gasteiger partial charge in [-0.25, -0.2) is 0 Å². The van der Waals surface area contributed by atoms with Crippen LogP contribution in [0.4, 0.5) is 0 Å². The average molecular weight is 357 g/mol. The maximum absolute atomic E-state index is 12.7. The average Bonchev–Trinajstić information content (AvgIpc) is 3.18. The molecule has 1 aromatic carbocycles. The molecule has 1 unspecified atom stereocenters. The van der Waals surface area contributed by atoms with Gasteiger partial charge in [-0.3, -0.25) is 14.4 Å². The van der Waals surface area contributed by atoms with Crippen LogP contribution in [0.5, 0.6) is 0 Å². The van der Waals surface area contributed by atoms with Gasteiger partial charge in [-0.15, -0.1) is 0 Å². The molecule has 6 nitrogen and oxygen atoms in total. The Hall–Kier alpha value is -2.37. The summed E-state index contributed by atoms with van der Waals surface area (Å²) in [5.41, 5.74) is 0.664. The van der Waals surface area contributed by atoms with Crippen LogP contribution in [0.15, 0.2) is 30.3 Å². The molecule has 3 rings (SSSR count). The molecule has 0 saturated carbocycles. The molecule has 3 amide bonds. The number of hydrogen-bond acceptors (Lipinski definition) is 3. The zero-order valence-electron chi connectivity index (χ0n) is 15.3. The largest absolute Gasteiger partial charge is 0.349 e. The first kappa shape index (κ1) is 18.4. The molecule has 26 heavy (non-hydrogen) atoms. The SMILES string of the molecule is CCC(=O)N1CCC(C(=O)N2CCC(NC(=O)c3ccccc3)CC2)C1. The molecule has 0 aliphatic carbocycles. The van der Waals surface area contributed by atoms with Gasteiger partial charge in [0.1, 0.15) is 0 Å². The highest BCUT2D eigenvalue weighted by molar-refractivity contribution is 5.94.